The summed E-state index contributed by atoms with van der Waals surface area (Å²) in [6.07, 6.45) is -0.410. The van der Waals surface area contributed by atoms with Gasteiger partial charge in [-0.2, -0.15) is 0 Å². The summed E-state index contributed by atoms with van der Waals surface area (Å²) in [5.41, 5.74) is 2.19. The minimum absolute atomic E-state index is 0.203. The summed E-state index contributed by atoms with van der Waals surface area (Å²) in [4.78, 5) is 10.5. The highest BCUT2D eigenvalue weighted by atomic mass is 16.7. The summed E-state index contributed by atoms with van der Waals surface area (Å²) in [7, 11) is 0. The third-order valence-corrected chi connectivity index (χ3v) is 3.19. The van der Waals surface area contributed by atoms with Crippen molar-refractivity contribution in [2.75, 3.05) is 0 Å². The highest BCUT2D eigenvalue weighted by molar-refractivity contribution is 5.61. The number of rotatable bonds is 4. The predicted molar refractivity (Wildman–Crippen MR) is 75.3 cm³/mol. The number of phenolic OH excluding ortho intramolecular Hbond substituents is 1. The molecule has 0 spiro atoms. The lowest BCUT2D eigenvalue weighted by molar-refractivity contribution is 0.144. The lowest BCUT2D eigenvalue weighted by Gasteiger charge is -2.16. The molecule has 1 atom stereocenters. The van der Waals surface area contributed by atoms with Crippen LogP contribution in [-0.2, 0) is 0 Å². The summed E-state index contributed by atoms with van der Waals surface area (Å²) in [6, 6.07) is 14.1. The third-order valence-electron chi connectivity index (χ3n) is 3.19. The second kappa shape index (κ2) is 6.10. The van der Waals surface area contributed by atoms with Crippen LogP contribution in [0.3, 0.4) is 0 Å². The molecular weight excluding hydrogens is 256 g/mol. The molecule has 0 aliphatic heterocycles. The number of hydrogen-bond donors (Lipinski definition) is 2. The van der Waals surface area contributed by atoms with Gasteiger partial charge in [0.1, 0.15) is 11.5 Å². The van der Waals surface area contributed by atoms with Crippen molar-refractivity contribution in [3.05, 3.63) is 59.7 Å². The van der Waals surface area contributed by atoms with Crippen LogP contribution >= 0.6 is 0 Å². The van der Waals surface area contributed by atoms with Crippen molar-refractivity contribution in [1.82, 2.24) is 0 Å². The first-order valence-electron chi connectivity index (χ1n) is 6.40. The van der Waals surface area contributed by atoms with Crippen LogP contribution in [0.4, 0.5) is 4.79 Å². The van der Waals surface area contributed by atoms with Gasteiger partial charge in [0.2, 0.25) is 0 Å². The zero-order chi connectivity index (χ0) is 14.5. The lowest BCUT2D eigenvalue weighted by atomic mass is 9.89. The van der Waals surface area contributed by atoms with Gasteiger partial charge in [0.15, 0.2) is 0 Å². The molecule has 0 radical (unpaired) electrons. The first-order valence-corrected chi connectivity index (χ1v) is 6.40. The molecule has 0 bridgehead atoms. The van der Waals surface area contributed by atoms with E-state index in [-0.39, 0.29) is 11.7 Å². The summed E-state index contributed by atoms with van der Waals surface area (Å²) in [6.45, 7) is 2.08. The highest BCUT2D eigenvalue weighted by Crippen LogP contribution is 2.30. The maximum absolute atomic E-state index is 10.5. The van der Waals surface area contributed by atoms with Gasteiger partial charge >= 0.3 is 6.16 Å². The van der Waals surface area contributed by atoms with Gasteiger partial charge in [-0.15, -0.1) is 0 Å². The van der Waals surface area contributed by atoms with Gasteiger partial charge in [-0.05, 0) is 41.8 Å². The predicted octanol–water partition coefficient (Wildman–Crippen LogP) is 3.99. The Hall–Kier alpha value is -2.49. The summed E-state index contributed by atoms with van der Waals surface area (Å²) in [5.74, 6) is 0.755. The van der Waals surface area contributed by atoms with Gasteiger partial charge in [-0.25, -0.2) is 4.79 Å². The average Bonchev–Trinajstić information content (AvgIpc) is 2.43. The molecule has 0 fully saturated rings. The third kappa shape index (κ3) is 3.29. The number of aromatic hydroxyl groups is 1. The SMILES string of the molecule is CCC(c1ccc(O)cc1)c1ccc(OC(=O)O)cc1. The van der Waals surface area contributed by atoms with E-state index in [2.05, 4.69) is 11.7 Å². The first kappa shape index (κ1) is 13.9. The Bertz CT molecular complexity index is 572. The minimum atomic E-state index is -1.32. The zero-order valence-corrected chi connectivity index (χ0v) is 11.1. The molecule has 2 aromatic rings. The summed E-state index contributed by atoms with van der Waals surface area (Å²) < 4.78 is 4.59. The van der Waals surface area contributed by atoms with Gasteiger partial charge in [0, 0.05) is 5.92 Å². The van der Waals surface area contributed by atoms with Crippen molar-refractivity contribution in [3.8, 4) is 11.5 Å². The van der Waals surface area contributed by atoms with Crippen molar-refractivity contribution in [2.24, 2.45) is 0 Å². The van der Waals surface area contributed by atoms with Crippen LogP contribution < -0.4 is 4.74 Å². The molecule has 0 heterocycles. The van der Waals surface area contributed by atoms with Crippen LogP contribution in [0.5, 0.6) is 11.5 Å². The van der Waals surface area contributed by atoms with E-state index in [1.807, 2.05) is 24.3 Å². The Kier molecular flexibility index (Phi) is 4.25. The Labute approximate surface area is 117 Å². The van der Waals surface area contributed by atoms with Crippen LogP contribution in [0, 0.1) is 0 Å². The van der Waals surface area contributed by atoms with Crippen LogP contribution in [0.15, 0.2) is 48.5 Å². The summed E-state index contributed by atoms with van der Waals surface area (Å²) >= 11 is 0. The van der Waals surface area contributed by atoms with E-state index in [4.69, 9.17) is 5.11 Å². The van der Waals surface area contributed by atoms with E-state index in [0.717, 1.165) is 17.5 Å². The molecule has 2 aromatic carbocycles. The maximum atomic E-state index is 10.5. The Balaban J connectivity index is 2.23. The van der Waals surface area contributed by atoms with Gasteiger partial charge in [0.05, 0.1) is 0 Å². The zero-order valence-electron chi connectivity index (χ0n) is 11.1. The monoisotopic (exact) mass is 272 g/mol. The van der Waals surface area contributed by atoms with Crippen LogP contribution in [0.2, 0.25) is 0 Å². The molecule has 0 saturated carbocycles. The summed E-state index contributed by atoms with van der Waals surface area (Å²) in [5, 5.41) is 17.9. The van der Waals surface area contributed by atoms with E-state index >= 15 is 0 Å². The van der Waals surface area contributed by atoms with E-state index in [1.165, 1.54) is 0 Å². The molecule has 0 aromatic heterocycles. The number of ether oxygens (including phenoxy) is 1. The molecule has 20 heavy (non-hydrogen) atoms. The average molecular weight is 272 g/mol. The molecule has 2 rings (SSSR count). The second-order valence-electron chi connectivity index (χ2n) is 4.49. The molecule has 1 unspecified atom stereocenters. The van der Waals surface area contributed by atoms with Gasteiger partial charge < -0.3 is 14.9 Å². The Morgan fingerprint density at radius 3 is 2.00 bits per heavy atom. The lowest BCUT2D eigenvalue weighted by Crippen LogP contribution is -2.04. The molecule has 0 amide bonds. The quantitative estimate of drug-likeness (QED) is 0.652. The molecule has 104 valence electrons. The first-order chi connectivity index (χ1) is 9.60. The maximum Gasteiger partial charge on any atom is 0.511 e. The molecule has 2 N–H and O–H groups in total. The fraction of sp³-hybridized carbons (Fsp3) is 0.188. The molecule has 0 aliphatic carbocycles. The van der Waals surface area contributed by atoms with Crippen LogP contribution in [-0.4, -0.2) is 16.4 Å². The molecule has 0 saturated heterocycles. The van der Waals surface area contributed by atoms with E-state index < -0.39 is 6.16 Å². The molecule has 4 heteroatoms. The van der Waals surface area contributed by atoms with Crippen LogP contribution in [0.25, 0.3) is 0 Å². The van der Waals surface area contributed by atoms with Crippen molar-refractivity contribution >= 4 is 6.16 Å². The Morgan fingerprint density at radius 2 is 1.55 bits per heavy atom. The van der Waals surface area contributed by atoms with Gasteiger partial charge in [-0.1, -0.05) is 31.2 Å². The Morgan fingerprint density at radius 1 is 1.05 bits per heavy atom. The van der Waals surface area contributed by atoms with Crippen LogP contribution in [0.1, 0.15) is 30.4 Å². The van der Waals surface area contributed by atoms with Crippen molar-refractivity contribution < 1.29 is 19.7 Å². The van der Waals surface area contributed by atoms with E-state index in [9.17, 15) is 9.90 Å². The highest BCUT2D eigenvalue weighted by Gasteiger charge is 2.12. The van der Waals surface area contributed by atoms with E-state index in [1.54, 1.807) is 24.3 Å². The fourth-order valence-corrected chi connectivity index (χ4v) is 2.24. The number of hydrogen-bond acceptors (Lipinski definition) is 3. The van der Waals surface area contributed by atoms with E-state index in [0.29, 0.717) is 5.75 Å². The van der Waals surface area contributed by atoms with Crippen molar-refractivity contribution in [3.63, 3.8) is 0 Å². The van der Waals surface area contributed by atoms with Crippen molar-refractivity contribution in [2.45, 2.75) is 19.3 Å². The number of carbonyl (C=O) groups is 1. The second-order valence-corrected chi connectivity index (χ2v) is 4.49. The topological polar surface area (TPSA) is 66.8 Å². The van der Waals surface area contributed by atoms with Crippen molar-refractivity contribution in [1.29, 1.82) is 0 Å². The molecular formula is C16H16O4. The fourth-order valence-electron chi connectivity index (χ4n) is 2.24. The number of carboxylic acid groups (broad SMARTS) is 1. The molecule has 0 aliphatic rings. The smallest absolute Gasteiger partial charge is 0.508 e. The largest absolute Gasteiger partial charge is 0.511 e. The molecule has 4 nitrogen and oxygen atoms in total. The van der Waals surface area contributed by atoms with Gasteiger partial charge in [-0.3, -0.25) is 0 Å². The minimum Gasteiger partial charge on any atom is -0.508 e. The standard InChI is InChI=1S/C16H16O4/c1-2-15(11-3-7-13(17)8-4-11)12-5-9-14(10-6-12)20-16(18)19/h3-10,15,17H,2H2,1H3,(H,18,19). The number of benzene rings is 2. The number of phenols is 1. The normalized spacial score (nSPS) is 11.8. The van der Waals surface area contributed by atoms with Gasteiger partial charge in [0.25, 0.3) is 0 Å².